The largest absolute Gasteiger partial charge is 0.495 e. The van der Waals surface area contributed by atoms with Crippen LogP contribution in [-0.2, 0) is 15.0 Å². The van der Waals surface area contributed by atoms with Crippen LogP contribution in [0.25, 0.3) is 0 Å². The summed E-state index contributed by atoms with van der Waals surface area (Å²) in [6.07, 6.45) is 1.47. The molecule has 104 valence electrons. The normalized spacial score (nSPS) is 19.8. The number of halogens is 1. The summed E-state index contributed by atoms with van der Waals surface area (Å²) in [7, 11) is -3.07. The fraction of sp³-hybridized carbons (Fsp3) is 0.455. The van der Waals surface area contributed by atoms with Crippen molar-refractivity contribution in [1.82, 2.24) is 4.98 Å². The van der Waals surface area contributed by atoms with E-state index in [0.29, 0.717) is 11.6 Å². The van der Waals surface area contributed by atoms with Gasteiger partial charge in [-0.1, -0.05) is 0 Å². The van der Waals surface area contributed by atoms with Crippen LogP contribution in [0.5, 0.6) is 5.75 Å². The number of aromatic nitrogens is 1. The molecule has 1 aromatic rings. The lowest BCUT2D eigenvalue weighted by Gasteiger charge is -2.15. The molecule has 6 nitrogen and oxygen atoms in total. The summed E-state index contributed by atoms with van der Waals surface area (Å²) in [5.41, 5.74) is 0. The number of ether oxygens (including phenoxy) is 1. The highest BCUT2D eigenvalue weighted by atomic mass is 32.3. The zero-order valence-corrected chi connectivity index (χ0v) is 11.1. The van der Waals surface area contributed by atoms with Crippen LogP contribution < -0.4 is 9.64 Å². The molecule has 1 saturated heterocycles. The number of rotatable bonds is 4. The van der Waals surface area contributed by atoms with Crippen molar-refractivity contribution in [2.75, 3.05) is 24.3 Å². The van der Waals surface area contributed by atoms with Crippen LogP contribution in [0.3, 0.4) is 0 Å². The van der Waals surface area contributed by atoms with E-state index in [4.69, 9.17) is 4.74 Å². The molecule has 0 aliphatic carbocycles. The van der Waals surface area contributed by atoms with Gasteiger partial charge in [0.15, 0.2) is 0 Å². The van der Waals surface area contributed by atoms with Gasteiger partial charge >= 0.3 is 10.2 Å². The molecule has 0 bridgehead atoms. The molecule has 19 heavy (non-hydrogen) atoms. The van der Waals surface area contributed by atoms with Crippen LogP contribution in [0.4, 0.5) is 9.70 Å². The third kappa shape index (κ3) is 3.40. The molecule has 1 aliphatic heterocycles. The molecule has 1 aliphatic rings. The van der Waals surface area contributed by atoms with Crippen LogP contribution in [0.15, 0.2) is 18.3 Å². The quantitative estimate of drug-likeness (QED) is 0.764. The predicted molar refractivity (Wildman–Crippen MR) is 66.1 cm³/mol. The number of pyridine rings is 1. The summed E-state index contributed by atoms with van der Waals surface area (Å²) < 4.78 is 38.7. The van der Waals surface area contributed by atoms with Gasteiger partial charge in [0.1, 0.15) is 11.6 Å². The van der Waals surface area contributed by atoms with E-state index in [0.717, 1.165) is 0 Å². The highest BCUT2D eigenvalue weighted by molar-refractivity contribution is 7.86. The summed E-state index contributed by atoms with van der Waals surface area (Å²) in [6.45, 7) is 0.154. The molecule has 2 rings (SSSR count). The molecule has 1 atom stereocenters. The second-order valence-corrected chi connectivity index (χ2v) is 5.75. The minimum absolute atomic E-state index is 0.0108. The summed E-state index contributed by atoms with van der Waals surface area (Å²) >= 11 is 0. The molecule has 0 radical (unpaired) electrons. The Hall–Kier alpha value is -1.70. The van der Waals surface area contributed by atoms with Gasteiger partial charge in [-0.3, -0.25) is 9.69 Å². The molecular weight excluding hydrogens is 275 g/mol. The number of amides is 1. The van der Waals surface area contributed by atoms with Gasteiger partial charge < -0.3 is 4.74 Å². The van der Waals surface area contributed by atoms with E-state index in [9.17, 15) is 17.1 Å². The van der Waals surface area contributed by atoms with Gasteiger partial charge in [0, 0.05) is 18.9 Å². The maximum atomic E-state index is 12.6. The van der Waals surface area contributed by atoms with E-state index in [1.54, 1.807) is 12.1 Å². The van der Waals surface area contributed by atoms with Crippen LogP contribution in [0.2, 0.25) is 0 Å². The van der Waals surface area contributed by atoms with Crippen molar-refractivity contribution in [3.63, 3.8) is 0 Å². The van der Waals surface area contributed by atoms with E-state index in [1.165, 1.54) is 18.2 Å². The van der Waals surface area contributed by atoms with Gasteiger partial charge in [-0.05, 0) is 12.1 Å². The molecule has 0 spiro atoms. The van der Waals surface area contributed by atoms with Gasteiger partial charge in [-0.2, -0.15) is 8.42 Å². The number of hydrogen-bond donors (Lipinski definition) is 0. The first-order valence-corrected chi connectivity index (χ1v) is 7.17. The zero-order valence-electron chi connectivity index (χ0n) is 10.2. The molecule has 1 amide bonds. The standard InChI is InChI=1S/C11H13FN2O4S/c1-18-9-2-3-10(13-5-9)14-6-8(4-11(14)15)7-19(12,16)17/h2-3,5,8H,4,6-7H2,1H3. The minimum Gasteiger partial charge on any atom is -0.495 e. The third-order valence-electron chi connectivity index (χ3n) is 2.87. The summed E-state index contributed by atoms with van der Waals surface area (Å²) in [5.74, 6) is -0.466. The SMILES string of the molecule is COc1ccc(N2CC(CS(=O)(=O)F)CC2=O)nc1. The summed E-state index contributed by atoms with van der Waals surface area (Å²) in [4.78, 5) is 17.2. The molecule has 0 saturated carbocycles. The Morgan fingerprint density at radius 1 is 1.53 bits per heavy atom. The Morgan fingerprint density at radius 3 is 2.79 bits per heavy atom. The molecular formula is C11H13FN2O4S. The molecule has 8 heteroatoms. The minimum atomic E-state index is -4.57. The molecule has 0 N–H and O–H groups in total. The lowest BCUT2D eigenvalue weighted by atomic mass is 10.1. The Labute approximate surface area is 110 Å². The van der Waals surface area contributed by atoms with Gasteiger partial charge in [0.25, 0.3) is 0 Å². The Bertz CT molecular complexity index is 573. The first-order chi connectivity index (χ1) is 8.89. The van der Waals surface area contributed by atoms with Crippen molar-refractivity contribution >= 4 is 21.9 Å². The lowest BCUT2D eigenvalue weighted by molar-refractivity contribution is -0.117. The van der Waals surface area contributed by atoms with Crippen LogP contribution in [-0.4, -0.2) is 38.7 Å². The number of hydrogen-bond acceptors (Lipinski definition) is 5. The zero-order chi connectivity index (χ0) is 14.0. The van der Waals surface area contributed by atoms with Crippen molar-refractivity contribution in [3.05, 3.63) is 18.3 Å². The fourth-order valence-corrected chi connectivity index (χ4v) is 2.84. The number of nitrogens with zero attached hydrogens (tertiary/aromatic N) is 2. The summed E-state index contributed by atoms with van der Waals surface area (Å²) in [6, 6.07) is 3.25. The molecule has 1 fully saturated rings. The average molecular weight is 288 g/mol. The van der Waals surface area contributed by atoms with Gasteiger partial charge in [0.05, 0.1) is 19.1 Å². The van der Waals surface area contributed by atoms with E-state index in [1.807, 2.05) is 0 Å². The van der Waals surface area contributed by atoms with Gasteiger partial charge in [0.2, 0.25) is 5.91 Å². The first kappa shape index (κ1) is 13.7. The van der Waals surface area contributed by atoms with E-state index < -0.39 is 21.9 Å². The smallest absolute Gasteiger partial charge is 0.302 e. The number of anilines is 1. The lowest BCUT2D eigenvalue weighted by Crippen LogP contribution is -2.26. The van der Waals surface area contributed by atoms with Crippen molar-refractivity contribution in [1.29, 1.82) is 0 Å². The maximum Gasteiger partial charge on any atom is 0.302 e. The first-order valence-electron chi connectivity index (χ1n) is 5.62. The fourth-order valence-electron chi connectivity index (χ4n) is 2.05. The Morgan fingerprint density at radius 2 is 2.26 bits per heavy atom. The number of methoxy groups -OCH3 is 1. The third-order valence-corrected chi connectivity index (χ3v) is 3.74. The highest BCUT2D eigenvalue weighted by Crippen LogP contribution is 2.25. The predicted octanol–water partition coefficient (Wildman–Crippen LogP) is 0.742. The Kier molecular flexibility index (Phi) is 3.70. The van der Waals surface area contributed by atoms with Crippen LogP contribution in [0, 0.1) is 5.92 Å². The highest BCUT2D eigenvalue weighted by Gasteiger charge is 2.34. The van der Waals surface area contributed by atoms with Crippen molar-refractivity contribution < 1.29 is 21.8 Å². The van der Waals surface area contributed by atoms with E-state index in [-0.39, 0.29) is 18.9 Å². The topological polar surface area (TPSA) is 76.6 Å². The van der Waals surface area contributed by atoms with E-state index in [2.05, 4.69) is 4.98 Å². The number of carbonyl (C=O) groups is 1. The Balaban J connectivity index is 2.11. The van der Waals surface area contributed by atoms with Gasteiger partial charge in [-0.15, -0.1) is 3.89 Å². The molecule has 1 unspecified atom stereocenters. The average Bonchev–Trinajstić information content (AvgIpc) is 2.68. The molecule has 0 aromatic carbocycles. The monoisotopic (exact) mass is 288 g/mol. The summed E-state index contributed by atoms with van der Waals surface area (Å²) in [5, 5.41) is 0. The van der Waals surface area contributed by atoms with Crippen molar-refractivity contribution in [2.24, 2.45) is 5.92 Å². The second-order valence-electron chi connectivity index (χ2n) is 4.34. The van der Waals surface area contributed by atoms with Gasteiger partial charge in [-0.25, -0.2) is 4.98 Å². The maximum absolute atomic E-state index is 12.6. The molecule has 1 aromatic heterocycles. The van der Waals surface area contributed by atoms with Crippen LogP contribution >= 0.6 is 0 Å². The second kappa shape index (κ2) is 5.12. The van der Waals surface area contributed by atoms with E-state index >= 15 is 0 Å². The van der Waals surface area contributed by atoms with Crippen molar-refractivity contribution in [2.45, 2.75) is 6.42 Å². The van der Waals surface area contributed by atoms with Crippen molar-refractivity contribution in [3.8, 4) is 5.75 Å². The van der Waals surface area contributed by atoms with Crippen LogP contribution in [0.1, 0.15) is 6.42 Å². The number of carbonyl (C=O) groups excluding carboxylic acids is 1. The molecule has 2 heterocycles.